The standard InChI is InChI=1S/C27H33FN4O3/c1-19(2)24(33)29-23(21-6-4-3-5-7-21)12-15-31-16-13-27(14-17-31)25(34)32(26(35)30-27)18-20-8-10-22(28)11-9-20/h3-11,19,23H,12-18H2,1-2H3,(H,29,33)(H,30,35)/t23-/m0/s1. The first-order chi connectivity index (χ1) is 16.8. The van der Waals surface area contributed by atoms with Crippen molar-refractivity contribution in [2.75, 3.05) is 19.6 Å². The molecule has 2 heterocycles. The summed E-state index contributed by atoms with van der Waals surface area (Å²) in [6.07, 6.45) is 1.82. The summed E-state index contributed by atoms with van der Waals surface area (Å²) in [7, 11) is 0. The van der Waals surface area contributed by atoms with E-state index >= 15 is 0 Å². The van der Waals surface area contributed by atoms with Crippen molar-refractivity contribution in [3.8, 4) is 0 Å². The van der Waals surface area contributed by atoms with Crippen LogP contribution < -0.4 is 10.6 Å². The number of benzene rings is 2. The zero-order valence-electron chi connectivity index (χ0n) is 20.3. The van der Waals surface area contributed by atoms with Crippen molar-refractivity contribution < 1.29 is 18.8 Å². The lowest BCUT2D eigenvalue weighted by molar-refractivity contribution is -0.133. The second kappa shape index (κ2) is 10.6. The van der Waals surface area contributed by atoms with Gasteiger partial charge in [-0.3, -0.25) is 14.5 Å². The second-order valence-corrected chi connectivity index (χ2v) is 9.79. The lowest BCUT2D eigenvalue weighted by Gasteiger charge is -2.37. The van der Waals surface area contributed by atoms with E-state index < -0.39 is 11.6 Å². The van der Waals surface area contributed by atoms with E-state index in [1.54, 1.807) is 12.1 Å². The van der Waals surface area contributed by atoms with Gasteiger partial charge in [0.2, 0.25) is 5.91 Å². The van der Waals surface area contributed by atoms with E-state index in [0.29, 0.717) is 31.5 Å². The Morgan fingerprint density at radius 1 is 1.06 bits per heavy atom. The van der Waals surface area contributed by atoms with Crippen molar-refractivity contribution in [2.24, 2.45) is 5.92 Å². The number of hydrogen-bond acceptors (Lipinski definition) is 4. The summed E-state index contributed by atoms with van der Waals surface area (Å²) in [5.74, 6) is -0.631. The largest absolute Gasteiger partial charge is 0.349 e. The van der Waals surface area contributed by atoms with Crippen molar-refractivity contribution in [3.05, 3.63) is 71.5 Å². The fourth-order valence-corrected chi connectivity index (χ4v) is 4.75. The van der Waals surface area contributed by atoms with Gasteiger partial charge >= 0.3 is 6.03 Å². The molecule has 2 aliphatic heterocycles. The van der Waals surface area contributed by atoms with Crippen LogP contribution in [0.1, 0.15) is 50.3 Å². The molecule has 4 rings (SSSR count). The number of carbonyl (C=O) groups excluding carboxylic acids is 3. The van der Waals surface area contributed by atoms with Crippen LogP contribution >= 0.6 is 0 Å². The number of nitrogens with zero attached hydrogens (tertiary/aromatic N) is 2. The number of halogens is 1. The zero-order chi connectivity index (χ0) is 25.0. The molecule has 0 bridgehead atoms. The van der Waals surface area contributed by atoms with Crippen molar-refractivity contribution in [3.63, 3.8) is 0 Å². The van der Waals surface area contributed by atoms with Crippen molar-refractivity contribution in [1.29, 1.82) is 0 Å². The molecule has 0 aliphatic carbocycles. The van der Waals surface area contributed by atoms with Gasteiger partial charge in [-0.25, -0.2) is 9.18 Å². The molecule has 0 radical (unpaired) electrons. The normalized spacial score (nSPS) is 18.7. The predicted molar refractivity (Wildman–Crippen MR) is 131 cm³/mol. The van der Waals surface area contributed by atoms with E-state index in [2.05, 4.69) is 15.5 Å². The van der Waals surface area contributed by atoms with Gasteiger partial charge in [0, 0.05) is 25.6 Å². The number of carbonyl (C=O) groups is 3. The van der Waals surface area contributed by atoms with Crippen LogP contribution in [0.25, 0.3) is 0 Å². The Morgan fingerprint density at radius 2 is 1.71 bits per heavy atom. The van der Waals surface area contributed by atoms with Gasteiger partial charge in [0.15, 0.2) is 0 Å². The summed E-state index contributed by atoms with van der Waals surface area (Å²) < 4.78 is 13.2. The highest BCUT2D eigenvalue weighted by Gasteiger charge is 2.52. The Bertz CT molecular complexity index is 1050. The fraction of sp³-hybridized carbons (Fsp3) is 0.444. The number of piperidine rings is 1. The number of rotatable bonds is 8. The number of hydrogen-bond donors (Lipinski definition) is 2. The van der Waals surface area contributed by atoms with Crippen LogP contribution in [0.2, 0.25) is 0 Å². The molecule has 0 saturated carbocycles. The van der Waals surface area contributed by atoms with Crippen LogP contribution in [0, 0.1) is 11.7 Å². The predicted octanol–water partition coefficient (Wildman–Crippen LogP) is 3.62. The van der Waals surface area contributed by atoms with E-state index in [1.807, 2.05) is 44.2 Å². The molecular formula is C27H33FN4O3. The fourth-order valence-electron chi connectivity index (χ4n) is 4.75. The summed E-state index contributed by atoms with van der Waals surface area (Å²) in [5, 5.41) is 6.09. The van der Waals surface area contributed by atoms with E-state index in [9.17, 15) is 18.8 Å². The summed E-state index contributed by atoms with van der Waals surface area (Å²) in [5.41, 5.74) is 0.905. The molecule has 2 aromatic rings. The van der Waals surface area contributed by atoms with Crippen LogP contribution in [-0.4, -0.2) is 52.8 Å². The van der Waals surface area contributed by atoms with Gasteiger partial charge in [0.1, 0.15) is 11.4 Å². The number of amides is 4. The molecule has 0 unspecified atom stereocenters. The smallest absolute Gasteiger partial charge is 0.325 e. The van der Waals surface area contributed by atoms with Gasteiger partial charge in [-0.2, -0.15) is 0 Å². The molecule has 1 atom stereocenters. The van der Waals surface area contributed by atoms with Crippen molar-refractivity contribution in [1.82, 2.24) is 20.4 Å². The summed E-state index contributed by atoms with van der Waals surface area (Å²) in [6, 6.07) is 15.3. The SMILES string of the molecule is CC(C)C(=O)N[C@@H](CCN1CCC2(CC1)NC(=O)N(Cc1ccc(F)cc1)C2=O)c1ccccc1. The lowest BCUT2D eigenvalue weighted by Crippen LogP contribution is -2.55. The Kier molecular flexibility index (Phi) is 7.50. The third-order valence-electron chi connectivity index (χ3n) is 6.99. The van der Waals surface area contributed by atoms with Crippen LogP contribution in [-0.2, 0) is 16.1 Å². The topological polar surface area (TPSA) is 81.8 Å². The third kappa shape index (κ3) is 5.70. The Balaban J connectivity index is 1.34. The molecule has 7 nitrogen and oxygen atoms in total. The van der Waals surface area contributed by atoms with E-state index in [4.69, 9.17) is 0 Å². The maximum atomic E-state index is 13.2. The summed E-state index contributed by atoms with van der Waals surface area (Å²) >= 11 is 0. The first-order valence-corrected chi connectivity index (χ1v) is 12.2. The van der Waals surface area contributed by atoms with Crippen molar-refractivity contribution >= 4 is 17.8 Å². The number of urea groups is 1. The highest BCUT2D eigenvalue weighted by Crippen LogP contribution is 2.31. The van der Waals surface area contributed by atoms with Crippen LogP contribution in [0.4, 0.5) is 9.18 Å². The van der Waals surface area contributed by atoms with Gasteiger partial charge in [0.05, 0.1) is 12.6 Å². The monoisotopic (exact) mass is 480 g/mol. The average molecular weight is 481 g/mol. The molecule has 2 N–H and O–H groups in total. The van der Waals surface area contributed by atoms with Crippen LogP contribution in [0.15, 0.2) is 54.6 Å². The molecule has 35 heavy (non-hydrogen) atoms. The van der Waals surface area contributed by atoms with Crippen molar-refractivity contribution in [2.45, 2.75) is 51.2 Å². The Hall–Kier alpha value is -3.26. The maximum absolute atomic E-state index is 13.2. The minimum Gasteiger partial charge on any atom is -0.349 e. The van der Waals surface area contributed by atoms with Gasteiger partial charge in [0.25, 0.3) is 5.91 Å². The highest BCUT2D eigenvalue weighted by atomic mass is 19.1. The van der Waals surface area contributed by atoms with Gasteiger partial charge in [-0.1, -0.05) is 56.3 Å². The molecule has 1 spiro atoms. The van der Waals surface area contributed by atoms with E-state index in [0.717, 1.165) is 18.5 Å². The molecular weight excluding hydrogens is 447 g/mol. The molecule has 4 amide bonds. The van der Waals surface area contributed by atoms with Crippen LogP contribution in [0.5, 0.6) is 0 Å². The van der Waals surface area contributed by atoms with Gasteiger partial charge in [-0.05, 0) is 42.5 Å². The number of likely N-dealkylation sites (tertiary alicyclic amines) is 1. The molecule has 8 heteroatoms. The minimum atomic E-state index is -0.877. The van der Waals surface area contributed by atoms with Crippen LogP contribution in [0.3, 0.4) is 0 Å². The minimum absolute atomic E-state index is 0.0250. The second-order valence-electron chi connectivity index (χ2n) is 9.79. The first-order valence-electron chi connectivity index (χ1n) is 12.2. The lowest BCUT2D eigenvalue weighted by atomic mass is 9.87. The first kappa shape index (κ1) is 24.9. The van der Waals surface area contributed by atoms with E-state index in [1.165, 1.54) is 17.0 Å². The molecule has 186 valence electrons. The van der Waals surface area contributed by atoms with Gasteiger partial charge in [-0.15, -0.1) is 0 Å². The quantitative estimate of drug-likeness (QED) is 0.566. The molecule has 2 fully saturated rings. The van der Waals surface area contributed by atoms with E-state index in [-0.39, 0.29) is 36.1 Å². The third-order valence-corrected chi connectivity index (χ3v) is 6.99. The Labute approximate surface area is 205 Å². The molecule has 2 aliphatic rings. The average Bonchev–Trinajstić information content (AvgIpc) is 3.08. The Morgan fingerprint density at radius 3 is 2.34 bits per heavy atom. The molecule has 2 aromatic carbocycles. The highest BCUT2D eigenvalue weighted by molar-refractivity contribution is 6.07. The number of imide groups is 1. The molecule has 0 aromatic heterocycles. The summed E-state index contributed by atoms with van der Waals surface area (Å²) in [4.78, 5) is 41.7. The zero-order valence-corrected chi connectivity index (χ0v) is 20.3. The maximum Gasteiger partial charge on any atom is 0.325 e. The molecule has 2 saturated heterocycles. The number of nitrogens with one attached hydrogen (secondary N) is 2. The van der Waals surface area contributed by atoms with Gasteiger partial charge < -0.3 is 15.5 Å². The summed E-state index contributed by atoms with van der Waals surface area (Å²) in [6.45, 7) is 6.02.